The topological polar surface area (TPSA) is 46.6 Å². The van der Waals surface area contributed by atoms with Crippen LogP contribution >= 0.6 is 0 Å². The van der Waals surface area contributed by atoms with Gasteiger partial charge in [-0.05, 0) is 53.5 Å². The molecule has 4 nitrogen and oxygen atoms in total. The van der Waals surface area contributed by atoms with Crippen LogP contribution in [-0.2, 0) is 23.1 Å². The summed E-state index contributed by atoms with van der Waals surface area (Å²) in [6, 6.07) is 16.4. The van der Waals surface area contributed by atoms with Crippen molar-refractivity contribution in [2.24, 2.45) is 5.92 Å². The number of hydrogen-bond donors (Lipinski definition) is 0. The molecule has 2 bridgehead atoms. The molecule has 1 aliphatic carbocycles. The smallest absolute Gasteiger partial charge is 0.306 e. The zero-order chi connectivity index (χ0) is 17.4. The van der Waals surface area contributed by atoms with Crippen LogP contribution in [0.3, 0.4) is 0 Å². The fourth-order valence-electron chi connectivity index (χ4n) is 4.34. The molecule has 1 heterocycles. The van der Waals surface area contributed by atoms with Crippen LogP contribution in [0.1, 0.15) is 29.0 Å². The summed E-state index contributed by atoms with van der Waals surface area (Å²) in [5.41, 5.74) is 3.97. The summed E-state index contributed by atoms with van der Waals surface area (Å²) in [6.07, 6.45) is 3.31. The molecule has 2 unspecified atom stereocenters. The second kappa shape index (κ2) is 6.46. The average molecular weight is 357 g/mol. The molecule has 1 fully saturated rings. The van der Waals surface area contributed by atoms with Gasteiger partial charge in [0.25, 0.3) is 0 Å². The van der Waals surface area contributed by atoms with Crippen LogP contribution in [0.5, 0.6) is 5.75 Å². The number of hydrogen-bond acceptors (Lipinski definition) is 4. The monoisotopic (exact) mass is 357 g/mol. The van der Waals surface area contributed by atoms with Gasteiger partial charge in [-0.15, -0.1) is 0 Å². The van der Waals surface area contributed by atoms with Gasteiger partial charge >= 0.3 is 10.1 Å². The number of benzene rings is 2. The SMILES string of the molecule is CS(=O)(=O)Oc1ccc2c(c1)CC1CC2CN(Cc2ccccc2)C1. The molecule has 1 aliphatic heterocycles. The Kier molecular flexibility index (Phi) is 4.29. The highest BCUT2D eigenvalue weighted by Gasteiger charge is 2.34. The minimum absolute atomic E-state index is 0.433. The molecule has 1 saturated heterocycles. The van der Waals surface area contributed by atoms with Crippen molar-refractivity contribution in [1.82, 2.24) is 4.90 Å². The van der Waals surface area contributed by atoms with Crippen LogP contribution in [0.2, 0.25) is 0 Å². The summed E-state index contributed by atoms with van der Waals surface area (Å²) in [4.78, 5) is 2.55. The van der Waals surface area contributed by atoms with Gasteiger partial charge < -0.3 is 4.18 Å². The Morgan fingerprint density at radius 1 is 1.12 bits per heavy atom. The molecule has 2 aromatic carbocycles. The Morgan fingerprint density at radius 3 is 2.68 bits per heavy atom. The Hall–Kier alpha value is -1.85. The normalized spacial score (nSPS) is 23.1. The number of rotatable bonds is 4. The molecule has 0 N–H and O–H groups in total. The van der Waals surface area contributed by atoms with Crippen molar-refractivity contribution in [1.29, 1.82) is 0 Å². The molecule has 2 aliphatic rings. The van der Waals surface area contributed by atoms with E-state index in [9.17, 15) is 8.42 Å². The van der Waals surface area contributed by atoms with Gasteiger partial charge in [0.1, 0.15) is 5.75 Å². The maximum atomic E-state index is 11.4. The molecule has 5 heteroatoms. The van der Waals surface area contributed by atoms with Crippen molar-refractivity contribution in [3.05, 3.63) is 65.2 Å². The van der Waals surface area contributed by atoms with Crippen molar-refractivity contribution >= 4 is 10.1 Å². The summed E-state index contributed by atoms with van der Waals surface area (Å²) < 4.78 is 27.8. The fraction of sp³-hybridized carbons (Fsp3) is 0.400. The molecule has 0 amide bonds. The van der Waals surface area contributed by atoms with E-state index in [0.717, 1.165) is 32.3 Å². The highest BCUT2D eigenvalue weighted by atomic mass is 32.2. The van der Waals surface area contributed by atoms with Gasteiger partial charge in [0.2, 0.25) is 0 Å². The summed E-state index contributed by atoms with van der Waals surface area (Å²) in [6.45, 7) is 3.16. The van der Waals surface area contributed by atoms with E-state index in [1.807, 2.05) is 6.07 Å². The first-order valence-electron chi connectivity index (χ1n) is 8.75. The first kappa shape index (κ1) is 16.6. The van der Waals surface area contributed by atoms with E-state index in [1.165, 1.54) is 23.1 Å². The van der Waals surface area contributed by atoms with E-state index in [2.05, 4.69) is 41.3 Å². The Labute approximate surface area is 149 Å². The predicted molar refractivity (Wildman–Crippen MR) is 98.2 cm³/mol. The molecule has 132 valence electrons. The zero-order valence-electron chi connectivity index (χ0n) is 14.4. The Morgan fingerprint density at radius 2 is 1.92 bits per heavy atom. The summed E-state index contributed by atoms with van der Waals surface area (Å²) in [5.74, 6) is 1.59. The molecule has 2 aromatic rings. The molecular formula is C20H23NO3S. The number of nitrogens with zero attached hydrogens (tertiary/aromatic N) is 1. The van der Waals surface area contributed by atoms with Gasteiger partial charge in [-0.1, -0.05) is 36.4 Å². The lowest BCUT2D eigenvalue weighted by atomic mass is 9.74. The highest BCUT2D eigenvalue weighted by Crippen LogP contribution is 2.41. The second-order valence-corrected chi connectivity index (χ2v) is 8.91. The summed E-state index contributed by atoms with van der Waals surface area (Å²) >= 11 is 0. The summed E-state index contributed by atoms with van der Waals surface area (Å²) in [5, 5.41) is 0. The van der Waals surface area contributed by atoms with Crippen LogP contribution in [0.4, 0.5) is 0 Å². The molecule has 2 atom stereocenters. The van der Waals surface area contributed by atoms with Crippen LogP contribution in [0, 0.1) is 5.92 Å². The maximum absolute atomic E-state index is 11.4. The first-order chi connectivity index (χ1) is 12.0. The Balaban J connectivity index is 1.53. The van der Waals surface area contributed by atoms with Gasteiger partial charge in [-0.25, -0.2) is 0 Å². The molecule has 0 aromatic heterocycles. The quantitative estimate of drug-likeness (QED) is 0.789. The number of piperidine rings is 1. The molecular weight excluding hydrogens is 334 g/mol. The van der Waals surface area contributed by atoms with Gasteiger partial charge in [0, 0.05) is 19.6 Å². The minimum atomic E-state index is -3.47. The first-order valence-corrected chi connectivity index (χ1v) is 10.6. The van der Waals surface area contributed by atoms with Crippen LogP contribution in [0.25, 0.3) is 0 Å². The molecule has 0 saturated carbocycles. The second-order valence-electron chi connectivity index (χ2n) is 7.33. The number of likely N-dealkylation sites (tertiary alicyclic amines) is 1. The largest absolute Gasteiger partial charge is 0.383 e. The lowest BCUT2D eigenvalue weighted by molar-refractivity contribution is 0.138. The van der Waals surface area contributed by atoms with Gasteiger partial charge in [-0.2, -0.15) is 8.42 Å². The third-order valence-electron chi connectivity index (χ3n) is 5.17. The standard InChI is InChI=1S/C20H23NO3S/c1-25(22,23)24-19-7-8-20-17(11-19)9-16-10-18(20)14-21(13-16)12-15-5-3-2-4-6-15/h2-8,11,16,18H,9-10,12-14H2,1H3. The van der Waals surface area contributed by atoms with Crippen LogP contribution in [-0.4, -0.2) is 32.7 Å². The van der Waals surface area contributed by atoms with Gasteiger partial charge in [0.05, 0.1) is 6.26 Å². The average Bonchev–Trinajstić information content (AvgIpc) is 2.54. The van der Waals surface area contributed by atoms with E-state index in [-0.39, 0.29) is 0 Å². The molecule has 25 heavy (non-hydrogen) atoms. The van der Waals surface area contributed by atoms with E-state index >= 15 is 0 Å². The van der Waals surface area contributed by atoms with Gasteiger partial charge in [-0.3, -0.25) is 4.90 Å². The predicted octanol–water partition coefficient (Wildman–Crippen LogP) is 3.19. The minimum Gasteiger partial charge on any atom is -0.383 e. The maximum Gasteiger partial charge on any atom is 0.306 e. The van der Waals surface area contributed by atoms with Crippen molar-refractivity contribution in [3.8, 4) is 5.75 Å². The summed E-state index contributed by atoms with van der Waals surface area (Å²) in [7, 11) is -3.47. The van der Waals surface area contributed by atoms with Crippen molar-refractivity contribution in [2.45, 2.75) is 25.3 Å². The van der Waals surface area contributed by atoms with Crippen molar-refractivity contribution in [2.75, 3.05) is 19.3 Å². The third-order valence-corrected chi connectivity index (χ3v) is 5.67. The van der Waals surface area contributed by atoms with E-state index in [0.29, 0.717) is 17.6 Å². The van der Waals surface area contributed by atoms with E-state index < -0.39 is 10.1 Å². The van der Waals surface area contributed by atoms with E-state index in [1.54, 1.807) is 6.07 Å². The van der Waals surface area contributed by atoms with Crippen molar-refractivity contribution in [3.63, 3.8) is 0 Å². The molecule has 0 radical (unpaired) electrons. The van der Waals surface area contributed by atoms with E-state index in [4.69, 9.17) is 4.18 Å². The number of fused-ring (bicyclic) bond motifs is 4. The highest BCUT2D eigenvalue weighted by molar-refractivity contribution is 7.86. The Bertz CT molecular complexity index is 864. The molecule has 0 spiro atoms. The zero-order valence-corrected chi connectivity index (χ0v) is 15.2. The third kappa shape index (κ3) is 3.88. The van der Waals surface area contributed by atoms with Crippen LogP contribution in [0.15, 0.2) is 48.5 Å². The van der Waals surface area contributed by atoms with Crippen LogP contribution < -0.4 is 4.18 Å². The fourth-order valence-corrected chi connectivity index (χ4v) is 4.79. The van der Waals surface area contributed by atoms with Crippen molar-refractivity contribution < 1.29 is 12.6 Å². The lowest BCUT2D eigenvalue weighted by Crippen LogP contribution is -2.42. The van der Waals surface area contributed by atoms with Gasteiger partial charge in [0.15, 0.2) is 0 Å². The molecule has 4 rings (SSSR count). The lowest BCUT2D eigenvalue weighted by Gasteiger charge is -2.42.